The zero-order valence-corrected chi connectivity index (χ0v) is 10.6. The van der Waals surface area contributed by atoms with Crippen LogP contribution in [0.5, 0.6) is 5.75 Å². The Bertz CT molecular complexity index is 354. The lowest BCUT2D eigenvalue weighted by atomic mass is 9.83. The fourth-order valence-corrected chi connectivity index (χ4v) is 2.75. The van der Waals surface area contributed by atoms with Gasteiger partial charge in [0.05, 0.1) is 7.11 Å². The highest BCUT2D eigenvalue weighted by atomic mass is 16.5. The van der Waals surface area contributed by atoms with E-state index in [4.69, 9.17) is 9.84 Å². The average molecular weight is 234 g/mol. The molecule has 1 aromatic rings. The quantitative estimate of drug-likeness (QED) is 0.866. The first kappa shape index (κ1) is 12.4. The van der Waals surface area contributed by atoms with Crippen LogP contribution in [0.4, 0.5) is 0 Å². The Hall–Kier alpha value is -1.02. The Labute approximate surface area is 104 Å². The lowest BCUT2D eigenvalue weighted by Crippen LogP contribution is -2.06. The average Bonchev–Trinajstić information content (AvgIpc) is 2.40. The van der Waals surface area contributed by atoms with E-state index in [0.29, 0.717) is 5.92 Å². The second-order valence-electron chi connectivity index (χ2n) is 4.92. The minimum absolute atomic E-state index is 0.206. The summed E-state index contributed by atoms with van der Waals surface area (Å²) in [5.74, 6) is 1.62. The number of hydrogen-bond acceptors (Lipinski definition) is 2. The van der Waals surface area contributed by atoms with Crippen molar-refractivity contribution in [3.05, 3.63) is 29.3 Å². The SMILES string of the molecule is COc1cc(CCO)cc(C2CCCCC2)c1. The first-order valence-electron chi connectivity index (χ1n) is 6.62. The van der Waals surface area contributed by atoms with Gasteiger partial charge in [0, 0.05) is 6.61 Å². The van der Waals surface area contributed by atoms with E-state index in [2.05, 4.69) is 12.1 Å². The summed E-state index contributed by atoms with van der Waals surface area (Å²) in [5.41, 5.74) is 2.58. The summed E-state index contributed by atoms with van der Waals surface area (Å²) < 4.78 is 5.35. The van der Waals surface area contributed by atoms with Crippen LogP contribution in [0.2, 0.25) is 0 Å². The van der Waals surface area contributed by atoms with Crippen LogP contribution in [0.15, 0.2) is 18.2 Å². The highest BCUT2D eigenvalue weighted by Gasteiger charge is 2.16. The molecule has 1 aromatic carbocycles. The molecule has 0 aliphatic heterocycles. The Morgan fingerprint density at radius 1 is 1.18 bits per heavy atom. The minimum atomic E-state index is 0.206. The molecule has 0 bridgehead atoms. The highest BCUT2D eigenvalue weighted by Crippen LogP contribution is 2.34. The van der Waals surface area contributed by atoms with Gasteiger partial charge in [0.2, 0.25) is 0 Å². The van der Waals surface area contributed by atoms with Crippen LogP contribution in [0, 0.1) is 0 Å². The molecule has 94 valence electrons. The van der Waals surface area contributed by atoms with Crippen LogP contribution in [0.25, 0.3) is 0 Å². The Morgan fingerprint density at radius 3 is 2.59 bits per heavy atom. The Balaban J connectivity index is 2.21. The van der Waals surface area contributed by atoms with E-state index < -0.39 is 0 Å². The number of benzene rings is 1. The van der Waals surface area contributed by atoms with Crippen molar-refractivity contribution in [1.82, 2.24) is 0 Å². The number of methoxy groups -OCH3 is 1. The first-order chi connectivity index (χ1) is 8.33. The largest absolute Gasteiger partial charge is 0.497 e. The first-order valence-corrected chi connectivity index (χ1v) is 6.62. The van der Waals surface area contributed by atoms with Crippen LogP contribution >= 0.6 is 0 Å². The van der Waals surface area contributed by atoms with E-state index in [9.17, 15) is 0 Å². The molecule has 0 radical (unpaired) electrons. The van der Waals surface area contributed by atoms with Crippen molar-refractivity contribution in [3.8, 4) is 5.75 Å². The van der Waals surface area contributed by atoms with Crippen molar-refractivity contribution in [2.24, 2.45) is 0 Å². The van der Waals surface area contributed by atoms with Crippen LogP contribution in [0.3, 0.4) is 0 Å². The van der Waals surface area contributed by atoms with E-state index >= 15 is 0 Å². The van der Waals surface area contributed by atoms with Crippen molar-refractivity contribution in [2.45, 2.75) is 44.4 Å². The van der Waals surface area contributed by atoms with E-state index in [0.717, 1.165) is 12.2 Å². The lowest BCUT2D eigenvalue weighted by Gasteiger charge is -2.23. The zero-order chi connectivity index (χ0) is 12.1. The monoisotopic (exact) mass is 234 g/mol. The molecule has 1 aliphatic carbocycles. The summed E-state index contributed by atoms with van der Waals surface area (Å²) in [7, 11) is 1.71. The van der Waals surface area contributed by atoms with Crippen molar-refractivity contribution in [2.75, 3.05) is 13.7 Å². The molecule has 0 atom stereocenters. The molecule has 1 fully saturated rings. The molecule has 0 spiro atoms. The van der Waals surface area contributed by atoms with Crippen molar-refractivity contribution >= 4 is 0 Å². The molecule has 1 aliphatic rings. The summed E-state index contributed by atoms with van der Waals surface area (Å²) in [5, 5.41) is 9.04. The molecule has 0 unspecified atom stereocenters. The molecule has 0 amide bonds. The van der Waals surface area contributed by atoms with Gasteiger partial charge < -0.3 is 9.84 Å². The molecule has 0 heterocycles. The lowest BCUT2D eigenvalue weighted by molar-refractivity contribution is 0.299. The van der Waals surface area contributed by atoms with Crippen LogP contribution in [-0.4, -0.2) is 18.8 Å². The zero-order valence-electron chi connectivity index (χ0n) is 10.6. The van der Waals surface area contributed by atoms with Gasteiger partial charge in [0.15, 0.2) is 0 Å². The van der Waals surface area contributed by atoms with Crippen LogP contribution in [-0.2, 0) is 6.42 Å². The summed E-state index contributed by atoms with van der Waals surface area (Å²) in [6.45, 7) is 0.206. The van der Waals surface area contributed by atoms with Gasteiger partial charge in [-0.1, -0.05) is 25.3 Å². The van der Waals surface area contributed by atoms with E-state index in [1.807, 2.05) is 6.07 Å². The minimum Gasteiger partial charge on any atom is -0.497 e. The van der Waals surface area contributed by atoms with Crippen molar-refractivity contribution in [1.29, 1.82) is 0 Å². The van der Waals surface area contributed by atoms with Gasteiger partial charge >= 0.3 is 0 Å². The maximum atomic E-state index is 9.04. The predicted molar refractivity (Wildman–Crippen MR) is 69.6 cm³/mol. The molecule has 1 N–H and O–H groups in total. The summed E-state index contributed by atoms with van der Waals surface area (Å²) in [4.78, 5) is 0. The molecule has 1 saturated carbocycles. The summed E-state index contributed by atoms with van der Waals surface area (Å²) in [6.07, 6.45) is 7.38. The van der Waals surface area contributed by atoms with E-state index in [1.54, 1.807) is 7.11 Å². The number of rotatable bonds is 4. The molecule has 2 nitrogen and oxygen atoms in total. The van der Waals surface area contributed by atoms with Gasteiger partial charge in [-0.3, -0.25) is 0 Å². The number of aliphatic hydroxyl groups excluding tert-OH is 1. The summed E-state index contributed by atoms with van der Waals surface area (Å²) >= 11 is 0. The Morgan fingerprint density at radius 2 is 1.94 bits per heavy atom. The van der Waals surface area contributed by atoms with Gasteiger partial charge in [-0.2, -0.15) is 0 Å². The number of aliphatic hydroxyl groups is 1. The van der Waals surface area contributed by atoms with Gasteiger partial charge in [-0.15, -0.1) is 0 Å². The van der Waals surface area contributed by atoms with Crippen LogP contribution < -0.4 is 4.74 Å². The third-order valence-corrected chi connectivity index (χ3v) is 3.70. The van der Waals surface area contributed by atoms with Crippen molar-refractivity contribution < 1.29 is 9.84 Å². The molecule has 2 heteroatoms. The highest BCUT2D eigenvalue weighted by molar-refractivity contribution is 5.36. The molecular formula is C15H22O2. The molecular weight excluding hydrogens is 212 g/mol. The van der Waals surface area contributed by atoms with E-state index in [-0.39, 0.29) is 6.61 Å². The van der Waals surface area contributed by atoms with Crippen LogP contribution in [0.1, 0.15) is 49.1 Å². The molecule has 17 heavy (non-hydrogen) atoms. The molecule has 2 rings (SSSR count). The topological polar surface area (TPSA) is 29.5 Å². The van der Waals surface area contributed by atoms with Gasteiger partial charge in [0.1, 0.15) is 5.75 Å². The summed E-state index contributed by atoms with van der Waals surface area (Å²) in [6, 6.07) is 6.44. The smallest absolute Gasteiger partial charge is 0.119 e. The molecule has 0 aromatic heterocycles. The second-order valence-corrected chi connectivity index (χ2v) is 4.92. The third-order valence-electron chi connectivity index (χ3n) is 3.70. The van der Waals surface area contributed by atoms with Gasteiger partial charge in [0.25, 0.3) is 0 Å². The predicted octanol–water partition coefficient (Wildman–Crippen LogP) is 3.28. The second kappa shape index (κ2) is 6.06. The normalized spacial score (nSPS) is 17.1. The maximum absolute atomic E-state index is 9.04. The van der Waals surface area contributed by atoms with Crippen molar-refractivity contribution in [3.63, 3.8) is 0 Å². The maximum Gasteiger partial charge on any atom is 0.119 e. The molecule has 0 saturated heterocycles. The van der Waals surface area contributed by atoms with Gasteiger partial charge in [-0.05, 0) is 48.4 Å². The standard InChI is InChI=1S/C15H22O2/c1-17-15-10-12(7-8-16)9-14(11-15)13-5-3-2-4-6-13/h9-11,13,16H,2-8H2,1H3. The number of ether oxygens (including phenoxy) is 1. The Kier molecular flexibility index (Phi) is 4.43. The van der Waals surface area contributed by atoms with E-state index in [1.165, 1.54) is 43.2 Å². The number of hydrogen-bond donors (Lipinski definition) is 1. The fraction of sp³-hybridized carbons (Fsp3) is 0.600. The fourth-order valence-electron chi connectivity index (χ4n) is 2.75. The third kappa shape index (κ3) is 3.22. The van der Waals surface area contributed by atoms with Gasteiger partial charge in [-0.25, -0.2) is 0 Å².